The number of carbonyl (C=O) groups excluding carboxylic acids is 1. The molecule has 0 bridgehead atoms. The standard InChI is InChI=1S/C26H26N2O5S/c1-18(2)25(26(29)32-3)28(34(30)31)23-11-7-21(8-12-23)22-9-13-24(14-10-22)33-17-20-6-4-5-19(15-20)16-27/h4-15,18,25H,17H2,1-3H3,(H,30,31)/p-1. The molecule has 8 heteroatoms. The van der Waals surface area contributed by atoms with Gasteiger partial charge in [-0.05, 0) is 59.0 Å². The molecule has 0 heterocycles. The van der Waals surface area contributed by atoms with Gasteiger partial charge in [-0.3, -0.25) is 8.51 Å². The second-order valence-corrected chi connectivity index (χ2v) is 8.75. The minimum Gasteiger partial charge on any atom is -0.755 e. The first-order chi connectivity index (χ1) is 16.3. The Hall–Kier alpha value is -3.67. The highest BCUT2D eigenvalue weighted by molar-refractivity contribution is 7.80. The molecule has 3 aromatic rings. The highest BCUT2D eigenvalue weighted by atomic mass is 32.2. The third-order valence-electron chi connectivity index (χ3n) is 5.26. The van der Waals surface area contributed by atoms with E-state index in [1.165, 1.54) is 7.11 Å². The Balaban J connectivity index is 1.74. The van der Waals surface area contributed by atoms with E-state index < -0.39 is 23.3 Å². The number of carbonyl (C=O) groups is 1. The van der Waals surface area contributed by atoms with Crippen molar-refractivity contribution in [1.29, 1.82) is 5.26 Å². The Labute approximate surface area is 202 Å². The number of methoxy groups -OCH3 is 1. The van der Waals surface area contributed by atoms with Crippen LogP contribution < -0.4 is 9.04 Å². The third-order valence-corrected chi connectivity index (χ3v) is 6.02. The predicted molar refractivity (Wildman–Crippen MR) is 129 cm³/mol. The van der Waals surface area contributed by atoms with E-state index in [1.54, 1.807) is 50.2 Å². The normalized spacial score (nSPS) is 12.5. The van der Waals surface area contributed by atoms with Gasteiger partial charge in [0.25, 0.3) is 0 Å². The fourth-order valence-corrected chi connectivity index (χ4v) is 4.35. The van der Waals surface area contributed by atoms with Gasteiger partial charge in [0.15, 0.2) is 0 Å². The lowest BCUT2D eigenvalue weighted by Crippen LogP contribution is -2.46. The maximum Gasteiger partial charge on any atom is 0.329 e. The predicted octanol–water partition coefficient (Wildman–Crippen LogP) is 4.60. The van der Waals surface area contributed by atoms with E-state index in [2.05, 4.69) is 6.07 Å². The van der Waals surface area contributed by atoms with Gasteiger partial charge < -0.3 is 14.0 Å². The number of rotatable bonds is 9. The maximum atomic E-state index is 12.2. The summed E-state index contributed by atoms with van der Waals surface area (Å²) in [7, 11) is 1.24. The molecule has 34 heavy (non-hydrogen) atoms. The monoisotopic (exact) mass is 477 g/mol. The number of nitriles is 1. The number of hydrogen-bond donors (Lipinski definition) is 0. The molecule has 0 spiro atoms. The van der Waals surface area contributed by atoms with Crippen molar-refractivity contribution in [3.05, 3.63) is 83.9 Å². The summed E-state index contributed by atoms with van der Waals surface area (Å²) >= 11 is -2.65. The molecular weight excluding hydrogens is 452 g/mol. The second-order valence-electron chi connectivity index (χ2n) is 7.93. The van der Waals surface area contributed by atoms with Gasteiger partial charge in [0.05, 0.1) is 18.7 Å². The molecule has 0 fully saturated rings. The summed E-state index contributed by atoms with van der Waals surface area (Å²) in [6.07, 6.45) is 0. The Bertz CT molecular complexity index is 1190. The lowest BCUT2D eigenvalue weighted by Gasteiger charge is -2.35. The molecule has 0 aliphatic heterocycles. The van der Waals surface area contributed by atoms with Crippen LogP contribution in [0, 0.1) is 17.2 Å². The Morgan fingerprint density at radius 2 is 1.68 bits per heavy atom. The first-order valence-electron chi connectivity index (χ1n) is 10.6. The van der Waals surface area contributed by atoms with Crippen molar-refractivity contribution < 1.29 is 23.0 Å². The average Bonchev–Trinajstić information content (AvgIpc) is 2.85. The Morgan fingerprint density at radius 1 is 1.06 bits per heavy atom. The van der Waals surface area contributed by atoms with Crippen LogP contribution in [0.15, 0.2) is 72.8 Å². The topological polar surface area (TPSA) is 103 Å². The van der Waals surface area contributed by atoms with Crippen LogP contribution in [0.1, 0.15) is 25.0 Å². The largest absolute Gasteiger partial charge is 0.755 e. The summed E-state index contributed by atoms with van der Waals surface area (Å²) in [4.78, 5) is 12.2. The molecule has 0 radical (unpaired) electrons. The van der Waals surface area contributed by atoms with Crippen molar-refractivity contribution in [2.45, 2.75) is 26.5 Å². The van der Waals surface area contributed by atoms with Crippen LogP contribution >= 0.6 is 0 Å². The maximum absolute atomic E-state index is 12.2. The number of nitrogens with zero attached hydrogens (tertiary/aromatic N) is 2. The van der Waals surface area contributed by atoms with Crippen molar-refractivity contribution >= 4 is 22.9 Å². The van der Waals surface area contributed by atoms with Crippen LogP contribution in [0.5, 0.6) is 5.75 Å². The van der Waals surface area contributed by atoms with Crippen LogP contribution in [0.25, 0.3) is 11.1 Å². The molecule has 3 rings (SSSR count). The number of benzene rings is 3. The highest BCUT2D eigenvalue weighted by Gasteiger charge is 2.31. The van der Waals surface area contributed by atoms with Crippen molar-refractivity contribution in [2.75, 3.05) is 11.4 Å². The molecule has 0 saturated heterocycles. The van der Waals surface area contributed by atoms with E-state index in [0.29, 0.717) is 23.6 Å². The molecule has 0 saturated carbocycles. The fraction of sp³-hybridized carbons (Fsp3) is 0.231. The van der Waals surface area contributed by atoms with Gasteiger partial charge >= 0.3 is 5.97 Å². The summed E-state index contributed by atoms with van der Waals surface area (Å²) in [5.41, 5.74) is 3.68. The van der Waals surface area contributed by atoms with E-state index in [9.17, 15) is 13.6 Å². The minimum atomic E-state index is -2.65. The summed E-state index contributed by atoms with van der Waals surface area (Å²) in [5, 5.41) is 9.00. The van der Waals surface area contributed by atoms with Gasteiger partial charge in [0.2, 0.25) is 0 Å². The van der Waals surface area contributed by atoms with Gasteiger partial charge in [0, 0.05) is 17.0 Å². The molecule has 3 aromatic carbocycles. The van der Waals surface area contributed by atoms with E-state index in [1.807, 2.05) is 36.4 Å². The lowest BCUT2D eigenvalue weighted by atomic mass is 10.0. The van der Waals surface area contributed by atoms with Crippen molar-refractivity contribution in [1.82, 2.24) is 0 Å². The molecule has 0 aliphatic rings. The molecule has 0 N–H and O–H groups in total. The van der Waals surface area contributed by atoms with Crippen LogP contribution in [-0.2, 0) is 27.4 Å². The Kier molecular flexibility index (Phi) is 8.41. The van der Waals surface area contributed by atoms with Gasteiger partial charge in [-0.2, -0.15) is 5.26 Å². The fourth-order valence-electron chi connectivity index (χ4n) is 3.54. The van der Waals surface area contributed by atoms with E-state index in [-0.39, 0.29) is 5.92 Å². The molecule has 0 aliphatic carbocycles. The van der Waals surface area contributed by atoms with Crippen molar-refractivity contribution in [2.24, 2.45) is 5.92 Å². The van der Waals surface area contributed by atoms with Crippen LogP contribution in [0.3, 0.4) is 0 Å². The smallest absolute Gasteiger partial charge is 0.329 e. The van der Waals surface area contributed by atoms with Crippen molar-refractivity contribution in [3.8, 4) is 22.9 Å². The number of anilines is 1. The molecule has 0 aromatic heterocycles. The van der Waals surface area contributed by atoms with E-state index in [4.69, 9.17) is 14.7 Å². The van der Waals surface area contributed by atoms with Gasteiger partial charge in [0.1, 0.15) is 18.4 Å². The molecule has 0 amide bonds. The summed E-state index contributed by atoms with van der Waals surface area (Å²) in [6.45, 7) is 3.88. The molecule has 7 nitrogen and oxygen atoms in total. The van der Waals surface area contributed by atoms with Gasteiger partial charge in [-0.15, -0.1) is 0 Å². The molecule has 2 unspecified atom stereocenters. The highest BCUT2D eigenvalue weighted by Crippen LogP contribution is 2.28. The molecule has 176 valence electrons. The van der Waals surface area contributed by atoms with Crippen LogP contribution in [0.4, 0.5) is 5.69 Å². The SMILES string of the molecule is COC(=O)C(C(C)C)N(c1ccc(-c2ccc(OCc3cccc(C#N)c3)cc2)cc1)S(=O)[O-]. The molecular formula is C26H25N2O5S-. The number of hydrogen-bond acceptors (Lipinski definition) is 6. The summed E-state index contributed by atoms with van der Waals surface area (Å²) < 4.78 is 35.6. The first kappa shape index (κ1) is 25.0. The second kappa shape index (κ2) is 11.5. The van der Waals surface area contributed by atoms with E-state index in [0.717, 1.165) is 21.0 Å². The average molecular weight is 478 g/mol. The van der Waals surface area contributed by atoms with Gasteiger partial charge in [-0.25, -0.2) is 4.79 Å². The lowest BCUT2D eigenvalue weighted by molar-refractivity contribution is -0.142. The zero-order valence-corrected chi connectivity index (χ0v) is 20.0. The van der Waals surface area contributed by atoms with Gasteiger partial charge in [-0.1, -0.05) is 50.2 Å². The first-order valence-corrected chi connectivity index (χ1v) is 11.7. The Morgan fingerprint density at radius 3 is 2.21 bits per heavy atom. The zero-order valence-electron chi connectivity index (χ0n) is 19.1. The van der Waals surface area contributed by atoms with Crippen molar-refractivity contribution in [3.63, 3.8) is 0 Å². The van der Waals surface area contributed by atoms with Crippen LogP contribution in [-0.4, -0.2) is 27.9 Å². The summed E-state index contributed by atoms with van der Waals surface area (Å²) in [6, 6.07) is 22.9. The van der Waals surface area contributed by atoms with E-state index >= 15 is 0 Å². The van der Waals surface area contributed by atoms with Crippen LogP contribution in [0.2, 0.25) is 0 Å². The summed E-state index contributed by atoms with van der Waals surface area (Å²) in [5.74, 6) is -0.202. The zero-order chi connectivity index (χ0) is 24.7. The third kappa shape index (κ3) is 6.01. The number of esters is 1. The number of ether oxygens (including phenoxy) is 2. The minimum absolute atomic E-state index is 0.278. The molecule has 2 atom stereocenters. The quantitative estimate of drug-likeness (QED) is 0.330.